The van der Waals surface area contributed by atoms with Crippen molar-refractivity contribution in [3.63, 3.8) is 0 Å². The van der Waals surface area contributed by atoms with Crippen LogP contribution in [0.2, 0.25) is 5.02 Å². The molecule has 0 radical (unpaired) electrons. The van der Waals surface area contributed by atoms with Gasteiger partial charge in [0, 0.05) is 34.6 Å². The van der Waals surface area contributed by atoms with Gasteiger partial charge in [-0.3, -0.25) is 9.78 Å². The molecule has 0 bridgehead atoms. The first-order chi connectivity index (χ1) is 16.2. The molecule has 176 valence electrons. The molecule has 0 spiro atoms. The van der Waals surface area contributed by atoms with Crippen molar-refractivity contribution in [2.45, 2.75) is 39.5 Å². The van der Waals surface area contributed by atoms with E-state index in [4.69, 9.17) is 16.3 Å². The van der Waals surface area contributed by atoms with E-state index in [1.807, 2.05) is 25.1 Å². The molecule has 1 unspecified atom stereocenters. The number of aliphatic hydroxyl groups excluding tert-OH is 1. The zero-order valence-corrected chi connectivity index (χ0v) is 19.5. The molecule has 34 heavy (non-hydrogen) atoms. The number of nitrogens with zero attached hydrogens (tertiary/aromatic N) is 4. The van der Waals surface area contributed by atoms with Gasteiger partial charge in [0.05, 0.1) is 29.1 Å². The van der Waals surface area contributed by atoms with Crippen LogP contribution >= 0.6 is 11.6 Å². The number of carbonyl (C=O) groups excluding carboxylic acids is 1. The zero-order chi connectivity index (χ0) is 24.4. The topological polar surface area (TPSA) is 102 Å². The first-order valence-electron chi connectivity index (χ1n) is 10.6. The fourth-order valence-corrected chi connectivity index (χ4v) is 3.85. The molecular weight excluding hydrogens is 461 g/mol. The Hall–Kier alpha value is -3.56. The summed E-state index contributed by atoms with van der Waals surface area (Å²) in [5.74, 6) is -0.433. The summed E-state index contributed by atoms with van der Waals surface area (Å²) in [6.07, 6.45) is 4.41. The minimum atomic E-state index is -1.14. The molecule has 0 saturated carbocycles. The van der Waals surface area contributed by atoms with Gasteiger partial charge in [0.1, 0.15) is 24.0 Å². The number of aryl methyl sites for hydroxylation is 1. The number of nitrogens with one attached hydrogen (secondary N) is 1. The fourth-order valence-electron chi connectivity index (χ4n) is 3.63. The quantitative estimate of drug-likeness (QED) is 0.411. The molecule has 0 saturated heterocycles. The molecule has 2 N–H and O–H groups in total. The second-order valence-corrected chi connectivity index (χ2v) is 8.33. The van der Waals surface area contributed by atoms with Crippen molar-refractivity contribution in [1.82, 2.24) is 25.1 Å². The molecule has 3 heterocycles. The normalized spacial score (nSPS) is 13.0. The SMILES string of the molecule is Cc1cc(-n2cc(F)cn2)c2cccc(OCc3c(Cl)cncc3C(C)NC(=O)[C@@H](C)O)c2n1. The number of fused-ring (bicyclic) bond motifs is 1. The largest absolute Gasteiger partial charge is 0.487 e. The van der Waals surface area contributed by atoms with Gasteiger partial charge in [-0.1, -0.05) is 23.7 Å². The van der Waals surface area contributed by atoms with Crippen LogP contribution < -0.4 is 10.1 Å². The minimum Gasteiger partial charge on any atom is -0.487 e. The highest BCUT2D eigenvalue weighted by Crippen LogP contribution is 2.31. The van der Waals surface area contributed by atoms with E-state index in [-0.39, 0.29) is 6.61 Å². The second-order valence-electron chi connectivity index (χ2n) is 7.92. The van der Waals surface area contributed by atoms with Crippen LogP contribution in [0.1, 0.15) is 36.7 Å². The summed E-state index contributed by atoms with van der Waals surface area (Å²) in [5, 5.41) is 17.4. The second kappa shape index (κ2) is 9.74. The third-order valence-electron chi connectivity index (χ3n) is 5.32. The van der Waals surface area contributed by atoms with Crippen LogP contribution in [0.4, 0.5) is 4.39 Å². The predicted molar refractivity (Wildman–Crippen MR) is 125 cm³/mol. The van der Waals surface area contributed by atoms with Crippen molar-refractivity contribution in [2.75, 3.05) is 0 Å². The van der Waals surface area contributed by atoms with Crippen LogP contribution in [0.5, 0.6) is 5.75 Å². The lowest BCUT2D eigenvalue weighted by molar-refractivity contribution is -0.129. The summed E-state index contributed by atoms with van der Waals surface area (Å²) < 4.78 is 21.2. The van der Waals surface area contributed by atoms with Crippen molar-refractivity contribution in [2.24, 2.45) is 0 Å². The van der Waals surface area contributed by atoms with Crippen LogP contribution in [-0.4, -0.2) is 36.9 Å². The highest BCUT2D eigenvalue weighted by atomic mass is 35.5. The first-order valence-corrected chi connectivity index (χ1v) is 11.0. The van der Waals surface area contributed by atoms with Gasteiger partial charge in [-0.2, -0.15) is 5.10 Å². The Bertz CT molecular complexity index is 1360. The Labute approximate surface area is 200 Å². The Morgan fingerprint density at radius 2 is 2.09 bits per heavy atom. The van der Waals surface area contributed by atoms with Crippen LogP contribution in [0.25, 0.3) is 16.6 Å². The lowest BCUT2D eigenvalue weighted by atomic mass is 10.0. The fraction of sp³-hybridized carbons (Fsp3) is 0.250. The van der Waals surface area contributed by atoms with E-state index in [0.717, 1.165) is 11.6 Å². The minimum absolute atomic E-state index is 0.0893. The van der Waals surface area contributed by atoms with Crippen LogP contribution in [0, 0.1) is 12.7 Å². The Kier molecular flexibility index (Phi) is 6.76. The highest BCUT2D eigenvalue weighted by Gasteiger charge is 2.19. The maximum Gasteiger partial charge on any atom is 0.249 e. The van der Waals surface area contributed by atoms with Crippen molar-refractivity contribution >= 4 is 28.4 Å². The van der Waals surface area contributed by atoms with Crippen molar-refractivity contribution in [3.8, 4) is 11.4 Å². The molecule has 0 aliphatic carbocycles. The number of benzene rings is 1. The molecule has 4 aromatic rings. The predicted octanol–water partition coefficient (Wildman–Crippen LogP) is 4.05. The van der Waals surface area contributed by atoms with Gasteiger partial charge in [0.25, 0.3) is 0 Å². The van der Waals surface area contributed by atoms with E-state index in [1.165, 1.54) is 24.0 Å². The van der Waals surface area contributed by atoms with Crippen LogP contribution in [0.15, 0.2) is 49.1 Å². The number of carbonyl (C=O) groups is 1. The van der Waals surface area contributed by atoms with Gasteiger partial charge in [0.15, 0.2) is 5.82 Å². The molecule has 0 fully saturated rings. The average molecular weight is 484 g/mol. The molecule has 4 rings (SSSR count). The molecule has 1 amide bonds. The maximum absolute atomic E-state index is 13.6. The number of aromatic nitrogens is 4. The first kappa shape index (κ1) is 23.6. The molecule has 10 heteroatoms. The van der Waals surface area contributed by atoms with E-state index in [0.29, 0.717) is 38.8 Å². The molecule has 2 atom stereocenters. The van der Waals surface area contributed by atoms with Crippen molar-refractivity contribution < 1.29 is 19.0 Å². The van der Waals surface area contributed by atoms with E-state index < -0.39 is 23.9 Å². The summed E-state index contributed by atoms with van der Waals surface area (Å²) in [7, 11) is 0. The third-order valence-corrected chi connectivity index (χ3v) is 5.65. The van der Waals surface area contributed by atoms with Crippen molar-refractivity contribution in [1.29, 1.82) is 0 Å². The van der Waals surface area contributed by atoms with Crippen molar-refractivity contribution in [3.05, 3.63) is 76.7 Å². The number of hydrogen-bond acceptors (Lipinski definition) is 6. The van der Waals surface area contributed by atoms with E-state index in [1.54, 1.807) is 19.2 Å². The molecule has 3 aromatic heterocycles. The number of para-hydroxylation sites is 1. The van der Waals surface area contributed by atoms with Crippen LogP contribution in [-0.2, 0) is 11.4 Å². The van der Waals surface area contributed by atoms with Gasteiger partial charge < -0.3 is 15.2 Å². The summed E-state index contributed by atoms with van der Waals surface area (Å²) in [5.41, 5.74) is 3.30. The number of halogens is 2. The number of aliphatic hydroxyl groups is 1. The Morgan fingerprint density at radius 1 is 1.29 bits per heavy atom. The van der Waals surface area contributed by atoms with Gasteiger partial charge in [0.2, 0.25) is 5.91 Å². The zero-order valence-electron chi connectivity index (χ0n) is 18.8. The highest BCUT2D eigenvalue weighted by molar-refractivity contribution is 6.31. The number of hydrogen-bond donors (Lipinski definition) is 2. The third kappa shape index (κ3) is 4.85. The monoisotopic (exact) mass is 483 g/mol. The standard InChI is InChI=1S/C24H23ClFN5O3/c1-13-7-21(31-11-16(26)8-28-31)17-5-4-6-22(23(17)29-13)34-12-19-18(9-27-10-20(19)25)14(2)30-24(33)15(3)32/h4-11,14-15,32H,12H2,1-3H3,(H,30,33)/t14?,15-/m1/s1. The number of pyridine rings is 2. The Morgan fingerprint density at radius 3 is 2.79 bits per heavy atom. The van der Waals surface area contributed by atoms with Gasteiger partial charge in [-0.15, -0.1) is 0 Å². The summed E-state index contributed by atoms with van der Waals surface area (Å²) in [6, 6.07) is 6.83. The lowest BCUT2D eigenvalue weighted by Gasteiger charge is -2.20. The number of ether oxygens (including phenoxy) is 1. The molecule has 0 aliphatic heterocycles. The molecular formula is C24H23ClFN5O3. The van der Waals surface area contributed by atoms with E-state index in [2.05, 4.69) is 20.4 Å². The van der Waals surface area contributed by atoms with E-state index >= 15 is 0 Å². The van der Waals surface area contributed by atoms with Gasteiger partial charge in [-0.05, 0) is 32.9 Å². The van der Waals surface area contributed by atoms with Gasteiger partial charge in [-0.25, -0.2) is 14.1 Å². The van der Waals surface area contributed by atoms with E-state index in [9.17, 15) is 14.3 Å². The summed E-state index contributed by atoms with van der Waals surface area (Å²) in [4.78, 5) is 20.7. The number of rotatable bonds is 7. The molecule has 8 nitrogen and oxygen atoms in total. The summed E-state index contributed by atoms with van der Waals surface area (Å²) in [6.45, 7) is 5.09. The maximum atomic E-state index is 13.6. The number of amides is 1. The molecule has 0 aliphatic rings. The summed E-state index contributed by atoms with van der Waals surface area (Å²) >= 11 is 6.42. The molecule has 1 aromatic carbocycles. The Balaban J connectivity index is 1.68. The smallest absolute Gasteiger partial charge is 0.249 e. The average Bonchev–Trinajstić information content (AvgIpc) is 3.23. The lowest BCUT2D eigenvalue weighted by Crippen LogP contribution is -2.34. The van der Waals surface area contributed by atoms with Crippen LogP contribution in [0.3, 0.4) is 0 Å². The van der Waals surface area contributed by atoms with Gasteiger partial charge >= 0.3 is 0 Å².